The van der Waals surface area contributed by atoms with Crippen LogP contribution in [0.1, 0.15) is 0 Å². The predicted octanol–water partition coefficient (Wildman–Crippen LogP) is 16.8. The maximum atomic E-state index is 6.30. The first-order chi connectivity index (χ1) is 31.3. The molecule has 10 aromatic rings. The number of hydrogen-bond donors (Lipinski definition) is 0. The van der Waals surface area contributed by atoms with Gasteiger partial charge in [0.05, 0.1) is 39.8 Å². The Labute approximate surface area is 367 Å². The van der Waals surface area contributed by atoms with Crippen molar-refractivity contribution >= 4 is 79.0 Å². The van der Waals surface area contributed by atoms with E-state index in [0.717, 1.165) is 90.9 Å². The number of fused-ring (bicyclic) bond motifs is 5. The summed E-state index contributed by atoms with van der Waals surface area (Å²) in [5, 5.41) is 2.41. The normalized spacial score (nSPS) is 12.5. The van der Waals surface area contributed by atoms with Gasteiger partial charge in [0.25, 0.3) is 0 Å². The van der Waals surface area contributed by atoms with Crippen LogP contribution < -0.4 is 24.3 Å². The lowest BCUT2D eigenvalue weighted by Crippen LogP contribution is -2.24. The molecule has 2 aliphatic heterocycles. The first-order valence-electron chi connectivity index (χ1n) is 21.3. The second-order valence-corrected chi connectivity index (χ2v) is 15.8. The Kier molecular flexibility index (Phi) is 8.75. The van der Waals surface area contributed by atoms with Gasteiger partial charge in [0.2, 0.25) is 0 Å². The minimum absolute atomic E-state index is 0.838. The molecule has 0 radical (unpaired) electrons. The molecule has 2 heterocycles. The molecule has 10 aromatic carbocycles. The summed E-state index contributed by atoms with van der Waals surface area (Å²) in [6.07, 6.45) is 0. The van der Waals surface area contributed by atoms with E-state index in [0.29, 0.717) is 0 Å². The van der Waals surface area contributed by atoms with Crippen LogP contribution in [0.3, 0.4) is 0 Å². The van der Waals surface area contributed by atoms with Gasteiger partial charge in [0, 0.05) is 33.8 Å². The van der Waals surface area contributed by atoms with E-state index in [9.17, 15) is 0 Å². The van der Waals surface area contributed by atoms with Gasteiger partial charge in [-0.15, -0.1) is 0 Å². The van der Waals surface area contributed by atoms with Gasteiger partial charge in [-0.2, -0.15) is 0 Å². The van der Waals surface area contributed by atoms with Crippen LogP contribution in [0.5, 0.6) is 11.5 Å². The fraction of sp³-hybridized carbons (Fsp3) is 0. The summed E-state index contributed by atoms with van der Waals surface area (Å²) in [5.41, 5.74) is 15.3. The molecule has 298 valence electrons. The first-order valence-corrected chi connectivity index (χ1v) is 21.3. The van der Waals surface area contributed by atoms with Crippen LogP contribution in [-0.4, -0.2) is 0 Å². The standard InChI is InChI=1S/C58H40N4O/c1-3-18-44(19-4-1)59(47-35-37-48(38-36-47)61-54-25-11-13-28-57(54)63-58-29-14-12-26-55(58)61)46-33-30-41(31-34-46)43-32-39-53-56(40-43)62(50-27-15-17-42-16-7-8-22-49(42)50)52-24-10-9-23-51(52)60(53)45-20-5-2-6-21-45/h1-40H. The molecule has 0 saturated heterocycles. The van der Waals surface area contributed by atoms with Gasteiger partial charge in [-0.05, 0) is 132 Å². The molecule has 0 atom stereocenters. The Morgan fingerprint density at radius 1 is 0.286 bits per heavy atom. The lowest BCUT2D eigenvalue weighted by molar-refractivity contribution is 0.477. The van der Waals surface area contributed by atoms with Crippen molar-refractivity contribution in [3.8, 4) is 22.6 Å². The molecule has 0 aliphatic carbocycles. The molecular formula is C58H40N4O. The summed E-state index contributed by atoms with van der Waals surface area (Å²) in [6.45, 7) is 0. The molecule has 0 bridgehead atoms. The van der Waals surface area contributed by atoms with Crippen molar-refractivity contribution in [2.24, 2.45) is 0 Å². The SMILES string of the molecule is c1ccc(N(c2ccc(-c3ccc4c(c3)N(c3cccc5ccccc35)c3ccccc3N4c3ccccc3)cc2)c2ccc(N3c4ccccc4Oc4ccccc43)cc2)cc1. The second kappa shape index (κ2) is 15.2. The Bertz CT molecular complexity index is 3230. The number of nitrogens with zero attached hydrogens (tertiary/aromatic N) is 4. The van der Waals surface area contributed by atoms with E-state index in [2.05, 4.69) is 238 Å². The van der Waals surface area contributed by atoms with E-state index in [1.807, 2.05) is 24.3 Å². The van der Waals surface area contributed by atoms with Crippen molar-refractivity contribution in [3.63, 3.8) is 0 Å². The van der Waals surface area contributed by atoms with E-state index in [1.165, 1.54) is 10.8 Å². The van der Waals surface area contributed by atoms with Crippen LogP contribution in [0.15, 0.2) is 243 Å². The van der Waals surface area contributed by atoms with Gasteiger partial charge in [-0.1, -0.05) is 127 Å². The highest BCUT2D eigenvalue weighted by Gasteiger charge is 2.32. The lowest BCUT2D eigenvalue weighted by Gasteiger charge is -2.41. The van der Waals surface area contributed by atoms with Gasteiger partial charge in [0.15, 0.2) is 11.5 Å². The summed E-state index contributed by atoms with van der Waals surface area (Å²) in [7, 11) is 0. The average molecular weight is 809 g/mol. The van der Waals surface area contributed by atoms with E-state index < -0.39 is 0 Å². The largest absolute Gasteiger partial charge is 0.453 e. The highest BCUT2D eigenvalue weighted by Crippen LogP contribution is 2.56. The van der Waals surface area contributed by atoms with Crippen molar-refractivity contribution < 1.29 is 4.74 Å². The Balaban J connectivity index is 0.942. The molecule has 0 saturated carbocycles. The summed E-state index contributed by atoms with van der Waals surface area (Å²) in [4.78, 5) is 9.42. The second-order valence-electron chi connectivity index (χ2n) is 15.8. The molecule has 0 N–H and O–H groups in total. The number of anilines is 12. The van der Waals surface area contributed by atoms with Crippen LogP contribution >= 0.6 is 0 Å². The predicted molar refractivity (Wildman–Crippen MR) is 262 cm³/mol. The Morgan fingerprint density at radius 2 is 0.746 bits per heavy atom. The average Bonchev–Trinajstić information content (AvgIpc) is 3.36. The van der Waals surface area contributed by atoms with E-state index in [4.69, 9.17) is 4.74 Å². The number of hydrogen-bond acceptors (Lipinski definition) is 5. The highest BCUT2D eigenvalue weighted by atomic mass is 16.5. The van der Waals surface area contributed by atoms with Crippen molar-refractivity contribution in [2.45, 2.75) is 0 Å². The molecule has 5 heteroatoms. The zero-order valence-corrected chi connectivity index (χ0v) is 34.3. The molecule has 5 nitrogen and oxygen atoms in total. The summed E-state index contributed by atoms with van der Waals surface area (Å²) >= 11 is 0. The van der Waals surface area contributed by atoms with Crippen LogP contribution in [-0.2, 0) is 0 Å². The monoisotopic (exact) mass is 808 g/mol. The van der Waals surface area contributed by atoms with Crippen molar-refractivity contribution in [3.05, 3.63) is 243 Å². The third-order valence-corrected chi connectivity index (χ3v) is 12.1. The van der Waals surface area contributed by atoms with Crippen molar-refractivity contribution in [1.29, 1.82) is 0 Å². The van der Waals surface area contributed by atoms with E-state index in [1.54, 1.807) is 0 Å². The summed E-state index contributed by atoms with van der Waals surface area (Å²) < 4.78 is 6.30. The molecule has 0 fully saturated rings. The van der Waals surface area contributed by atoms with Crippen LogP contribution in [0, 0.1) is 0 Å². The third kappa shape index (κ3) is 6.25. The molecule has 12 rings (SSSR count). The minimum atomic E-state index is 0.838. The fourth-order valence-corrected chi connectivity index (χ4v) is 9.25. The third-order valence-electron chi connectivity index (χ3n) is 12.1. The molecule has 63 heavy (non-hydrogen) atoms. The number of rotatable bonds is 7. The van der Waals surface area contributed by atoms with Crippen molar-refractivity contribution in [2.75, 3.05) is 19.6 Å². The fourth-order valence-electron chi connectivity index (χ4n) is 9.25. The first kappa shape index (κ1) is 36.3. The zero-order valence-electron chi connectivity index (χ0n) is 34.3. The smallest absolute Gasteiger partial charge is 0.151 e. The highest BCUT2D eigenvalue weighted by molar-refractivity contribution is 6.07. The molecular weight excluding hydrogens is 769 g/mol. The van der Waals surface area contributed by atoms with E-state index >= 15 is 0 Å². The quantitative estimate of drug-likeness (QED) is 0.159. The Morgan fingerprint density at radius 3 is 1.44 bits per heavy atom. The molecule has 2 aliphatic rings. The van der Waals surface area contributed by atoms with Crippen LogP contribution in [0.25, 0.3) is 21.9 Å². The number of ether oxygens (including phenoxy) is 1. The number of benzene rings is 10. The topological polar surface area (TPSA) is 22.2 Å². The molecule has 0 amide bonds. The maximum absolute atomic E-state index is 6.30. The number of para-hydroxylation sites is 8. The zero-order chi connectivity index (χ0) is 41.7. The van der Waals surface area contributed by atoms with Gasteiger partial charge in [-0.25, -0.2) is 0 Å². The van der Waals surface area contributed by atoms with Gasteiger partial charge in [0.1, 0.15) is 0 Å². The van der Waals surface area contributed by atoms with E-state index in [-0.39, 0.29) is 0 Å². The lowest BCUT2D eigenvalue weighted by atomic mass is 9.98. The van der Waals surface area contributed by atoms with Gasteiger partial charge < -0.3 is 24.3 Å². The van der Waals surface area contributed by atoms with Gasteiger partial charge in [-0.3, -0.25) is 0 Å². The van der Waals surface area contributed by atoms with Gasteiger partial charge >= 0.3 is 0 Å². The summed E-state index contributed by atoms with van der Waals surface area (Å²) in [5.74, 6) is 1.68. The maximum Gasteiger partial charge on any atom is 0.151 e. The Hall–Kier alpha value is -8.54. The minimum Gasteiger partial charge on any atom is -0.453 e. The molecule has 0 spiro atoms. The summed E-state index contributed by atoms with van der Waals surface area (Å²) in [6, 6.07) is 86.3. The molecule has 0 aromatic heterocycles. The van der Waals surface area contributed by atoms with Crippen molar-refractivity contribution in [1.82, 2.24) is 0 Å². The molecule has 0 unspecified atom stereocenters. The van der Waals surface area contributed by atoms with Crippen LogP contribution in [0.2, 0.25) is 0 Å². The van der Waals surface area contributed by atoms with Crippen LogP contribution in [0.4, 0.5) is 68.2 Å².